The number of hydrogen-bond acceptors (Lipinski definition) is 3. The lowest BCUT2D eigenvalue weighted by molar-refractivity contribution is -0.116. The number of hydrogen-bond donors (Lipinski definition) is 1. The van der Waals surface area contributed by atoms with Crippen LogP contribution in [0.4, 0.5) is 0 Å². The predicted octanol–water partition coefficient (Wildman–Crippen LogP) is 1.78. The highest BCUT2D eigenvalue weighted by atomic mass is 16.5. The first-order valence-electron chi connectivity index (χ1n) is 5.77. The van der Waals surface area contributed by atoms with Crippen LogP contribution in [0.5, 0.6) is 5.75 Å². The molecule has 18 heavy (non-hydrogen) atoms. The molecule has 0 spiro atoms. The summed E-state index contributed by atoms with van der Waals surface area (Å²) in [4.78, 5) is 11.5. The Labute approximate surface area is 108 Å². The number of carbonyl (C=O) groups is 1. The zero-order valence-electron chi connectivity index (χ0n) is 11.0. The van der Waals surface area contributed by atoms with Crippen LogP contribution in [-0.4, -0.2) is 33.3 Å². The Morgan fingerprint density at radius 3 is 2.83 bits per heavy atom. The summed E-state index contributed by atoms with van der Waals surface area (Å²) in [6, 6.07) is 5.82. The first kappa shape index (κ1) is 14.3. The number of methoxy groups -OCH3 is 2. The lowest BCUT2D eigenvalue weighted by atomic mass is 10.1. The van der Waals surface area contributed by atoms with Gasteiger partial charge in [-0.3, -0.25) is 4.79 Å². The number of amides is 1. The highest BCUT2D eigenvalue weighted by molar-refractivity contribution is 5.92. The Balaban J connectivity index is 2.65. The lowest BCUT2D eigenvalue weighted by Gasteiger charge is -2.05. The molecule has 0 aromatic heterocycles. The van der Waals surface area contributed by atoms with Gasteiger partial charge in [0.25, 0.3) is 0 Å². The van der Waals surface area contributed by atoms with Gasteiger partial charge in [0.05, 0.1) is 13.7 Å². The average molecular weight is 249 g/mol. The van der Waals surface area contributed by atoms with E-state index < -0.39 is 0 Å². The third-order valence-corrected chi connectivity index (χ3v) is 2.40. The Hall–Kier alpha value is -1.81. The van der Waals surface area contributed by atoms with Gasteiger partial charge >= 0.3 is 0 Å². The van der Waals surface area contributed by atoms with Gasteiger partial charge < -0.3 is 14.8 Å². The van der Waals surface area contributed by atoms with Crippen molar-refractivity contribution in [2.45, 2.75) is 6.92 Å². The first-order chi connectivity index (χ1) is 8.67. The van der Waals surface area contributed by atoms with Crippen LogP contribution in [-0.2, 0) is 9.53 Å². The number of carbonyl (C=O) groups excluding carboxylic acids is 1. The number of rotatable bonds is 6. The predicted molar refractivity (Wildman–Crippen MR) is 71.7 cm³/mol. The molecular weight excluding hydrogens is 230 g/mol. The molecule has 0 heterocycles. The van der Waals surface area contributed by atoms with Crippen LogP contribution in [0.2, 0.25) is 0 Å². The molecule has 0 atom stereocenters. The molecule has 0 radical (unpaired) electrons. The normalized spacial score (nSPS) is 10.6. The van der Waals surface area contributed by atoms with Gasteiger partial charge in [0.15, 0.2) is 0 Å². The summed E-state index contributed by atoms with van der Waals surface area (Å²) in [6.45, 7) is 3.01. The maximum atomic E-state index is 11.5. The molecule has 0 unspecified atom stereocenters. The van der Waals surface area contributed by atoms with Crippen molar-refractivity contribution in [3.05, 3.63) is 35.4 Å². The van der Waals surface area contributed by atoms with Gasteiger partial charge in [0.1, 0.15) is 5.75 Å². The van der Waals surface area contributed by atoms with Crippen molar-refractivity contribution < 1.29 is 14.3 Å². The van der Waals surface area contributed by atoms with Gasteiger partial charge in [-0.2, -0.15) is 0 Å². The number of aryl methyl sites for hydroxylation is 1. The van der Waals surface area contributed by atoms with E-state index >= 15 is 0 Å². The van der Waals surface area contributed by atoms with Crippen molar-refractivity contribution in [2.75, 3.05) is 27.4 Å². The van der Waals surface area contributed by atoms with E-state index in [0.717, 1.165) is 16.9 Å². The molecule has 0 aliphatic rings. The molecule has 4 nitrogen and oxygen atoms in total. The zero-order valence-corrected chi connectivity index (χ0v) is 11.0. The molecule has 1 rings (SSSR count). The van der Waals surface area contributed by atoms with Crippen molar-refractivity contribution in [2.24, 2.45) is 0 Å². The van der Waals surface area contributed by atoms with Crippen molar-refractivity contribution in [1.29, 1.82) is 0 Å². The number of benzene rings is 1. The smallest absolute Gasteiger partial charge is 0.244 e. The Morgan fingerprint density at radius 1 is 1.39 bits per heavy atom. The molecule has 98 valence electrons. The Bertz CT molecular complexity index is 427. The van der Waals surface area contributed by atoms with Crippen LogP contribution < -0.4 is 10.1 Å². The topological polar surface area (TPSA) is 47.6 Å². The van der Waals surface area contributed by atoms with Crippen molar-refractivity contribution >= 4 is 12.0 Å². The van der Waals surface area contributed by atoms with Crippen molar-refractivity contribution in [3.63, 3.8) is 0 Å². The largest absolute Gasteiger partial charge is 0.496 e. The van der Waals surface area contributed by atoms with Gasteiger partial charge in [0, 0.05) is 25.3 Å². The molecule has 0 saturated carbocycles. The molecule has 1 amide bonds. The molecule has 0 aliphatic carbocycles. The van der Waals surface area contributed by atoms with Gasteiger partial charge in [-0.15, -0.1) is 0 Å². The molecule has 0 fully saturated rings. The van der Waals surface area contributed by atoms with E-state index in [2.05, 4.69) is 5.32 Å². The summed E-state index contributed by atoms with van der Waals surface area (Å²) in [6.07, 6.45) is 3.24. The first-order valence-corrected chi connectivity index (χ1v) is 5.77. The second-order valence-electron chi connectivity index (χ2n) is 3.86. The summed E-state index contributed by atoms with van der Waals surface area (Å²) in [5, 5.41) is 2.71. The summed E-state index contributed by atoms with van der Waals surface area (Å²) in [7, 11) is 3.21. The molecule has 1 aromatic rings. The number of nitrogens with one attached hydrogen (secondary N) is 1. The monoisotopic (exact) mass is 249 g/mol. The van der Waals surface area contributed by atoms with Crippen LogP contribution in [0, 0.1) is 6.92 Å². The number of ether oxygens (including phenoxy) is 2. The molecule has 1 N–H and O–H groups in total. The highest BCUT2D eigenvalue weighted by Crippen LogP contribution is 2.20. The molecule has 1 aromatic carbocycles. The summed E-state index contributed by atoms with van der Waals surface area (Å²) in [5.41, 5.74) is 2.01. The highest BCUT2D eigenvalue weighted by Gasteiger charge is 2.00. The van der Waals surface area contributed by atoms with Crippen LogP contribution in [0.15, 0.2) is 24.3 Å². The van der Waals surface area contributed by atoms with E-state index in [0.29, 0.717) is 13.2 Å². The maximum Gasteiger partial charge on any atom is 0.244 e. The van der Waals surface area contributed by atoms with E-state index in [1.165, 1.54) is 6.08 Å². The molecule has 0 bridgehead atoms. The lowest BCUT2D eigenvalue weighted by Crippen LogP contribution is -2.24. The summed E-state index contributed by atoms with van der Waals surface area (Å²) in [5.74, 6) is 0.608. The van der Waals surface area contributed by atoms with Crippen molar-refractivity contribution in [1.82, 2.24) is 5.32 Å². The SMILES string of the molecule is COCCNC(=O)/C=C/c1cc(C)ccc1OC. The van der Waals surface area contributed by atoms with Gasteiger partial charge in [-0.1, -0.05) is 11.6 Å². The van der Waals surface area contributed by atoms with E-state index in [1.807, 2.05) is 25.1 Å². The van der Waals surface area contributed by atoms with Gasteiger partial charge in [-0.05, 0) is 25.1 Å². The fourth-order valence-corrected chi connectivity index (χ4v) is 1.48. The molecular formula is C14H19NO3. The van der Waals surface area contributed by atoms with E-state index in [9.17, 15) is 4.79 Å². The van der Waals surface area contributed by atoms with Gasteiger partial charge in [-0.25, -0.2) is 0 Å². The minimum absolute atomic E-state index is 0.143. The summed E-state index contributed by atoms with van der Waals surface area (Å²) < 4.78 is 10.1. The molecule has 0 saturated heterocycles. The van der Waals surface area contributed by atoms with E-state index in [-0.39, 0.29) is 5.91 Å². The Morgan fingerprint density at radius 2 is 2.17 bits per heavy atom. The van der Waals surface area contributed by atoms with Crippen molar-refractivity contribution in [3.8, 4) is 5.75 Å². The van der Waals surface area contributed by atoms with Crippen LogP contribution in [0.25, 0.3) is 6.08 Å². The van der Waals surface area contributed by atoms with Crippen LogP contribution in [0.1, 0.15) is 11.1 Å². The second-order valence-corrected chi connectivity index (χ2v) is 3.86. The summed E-state index contributed by atoms with van der Waals surface area (Å²) >= 11 is 0. The van der Waals surface area contributed by atoms with Crippen LogP contribution >= 0.6 is 0 Å². The quantitative estimate of drug-likeness (QED) is 0.617. The Kier molecular flexibility index (Phi) is 5.94. The zero-order chi connectivity index (χ0) is 13.4. The molecule has 0 aliphatic heterocycles. The van der Waals surface area contributed by atoms with Gasteiger partial charge in [0.2, 0.25) is 5.91 Å². The fourth-order valence-electron chi connectivity index (χ4n) is 1.48. The van der Waals surface area contributed by atoms with Crippen LogP contribution in [0.3, 0.4) is 0 Å². The fraction of sp³-hybridized carbons (Fsp3) is 0.357. The minimum Gasteiger partial charge on any atom is -0.496 e. The second kappa shape index (κ2) is 7.50. The van der Waals surface area contributed by atoms with E-state index in [1.54, 1.807) is 20.3 Å². The minimum atomic E-state index is -0.143. The standard InChI is InChI=1S/C14H19NO3/c1-11-4-6-13(18-3)12(10-11)5-7-14(16)15-8-9-17-2/h4-7,10H,8-9H2,1-3H3,(H,15,16)/b7-5+. The third-order valence-electron chi connectivity index (χ3n) is 2.40. The maximum absolute atomic E-state index is 11.5. The van der Waals surface area contributed by atoms with E-state index in [4.69, 9.17) is 9.47 Å². The third kappa shape index (κ3) is 4.59. The average Bonchev–Trinajstić information content (AvgIpc) is 2.37. The molecule has 4 heteroatoms.